The summed E-state index contributed by atoms with van der Waals surface area (Å²) in [7, 11) is 0. The van der Waals surface area contributed by atoms with Crippen LogP contribution >= 0.6 is 0 Å². The number of nitrogens with zero attached hydrogens (tertiary/aromatic N) is 2. The molecular weight excluding hydrogens is 202 g/mol. The zero-order chi connectivity index (χ0) is 11.5. The zero-order valence-electron chi connectivity index (χ0n) is 10.2. The lowest BCUT2D eigenvalue weighted by Crippen LogP contribution is -2.32. The van der Waals surface area contributed by atoms with Gasteiger partial charge < -0.3 is 10.1 Å². The van der Waals surface area contributed by atoms with Gasteiger partial charge in [-0.15, -0.1) is 0 Å². The van der Waals surface area contributed by atoms with Gasteiger partial charge in [0.1, 0.15) is 5.82 Å². The molecule has 1 saturated heterocycles. The number of rotatable bonds is 2. The van der Waals surface area contributed by atoms with E-state index in [4.69, 9.17) is 4.74 Å². The summed E-state index contributed by atoms with van der Waals surface area (Å²) in [5.74, 6) is 0.877. The van der Waals surface area contributed by atoms with Crippen molar-refractivity contribution in [3.63, 3.8) is 0 Å². The normalized spacial score (nSPS) is 25.4. The smallest absolute Gasteiger partial charge is 0.145 e. The van der Waals surface area contributed by atoms with Crippen LogP contribution in [0.1, 0.15) is 31.2 Å². The highest BCUT2D eigenvalue weighted by Gasteiger charge is 2.19. The first-order chi connectivity index (χ1) is 7.65. The lowest BCUT2D eigenvalue weighted by atomic mass is 10.0. The average molecular weight is 221 g/mol. The van der Waals surface area contributed by atoms with Gasteiger partial charge in [0.15, 0.2) is 0 Å². The summed E-state index contributed by atoms with van der Waals surface area (Å²) in [6.07, 6.45) is 4.22. The third-order valence-electron chi connectivity index (χ3n) is 3.03. The lowest BCUT2D eigenvalue weighted by Gasteiger charge is -2.28. The van der Waals surface area contributed by atoms with Crippen LogP contribution in [0.4, 0.5) is 5.82 Å². The van der Waals surface area contributed by atoms with Crippen LogP contribution in [0, 0.1) is 13.8 Å². The van der Waals surface area contributed by atoms with Crippen LogP contribution in [-0.2, 0) is 4.74 Å². The van der Waals surface area contributed by atoms with Crippen molar-refractivity contribution in [3.8, 4) is 0 Å². The highest BCUT2D eigenvalue weighted by Crippen LogP contribution is 2.17. The Morgan fingerprint density at radius 1 is 1.38 bits per heavy atom. The summed E-state index contributed by atoms with van der Waals surface area (Å²) in [5, 5.41) is 3.43. The van der Waals surface area contributed by atoms with Gasteiger partial charge in [0.25, 0.3) is 0 Å². The maximum Gasteiger partial charge on any atom is 0.145 e. The van der Waals surface area contributed by atoms with Crippen molar-refractivity contribution in [1.29, 1.82) is 0 Å². The Morgan fingerprint density at radius 2 is 2.19 bits per heavy atom. The molecule has 2 rings (SSSR count). The van der Waals surface area contributed by atoms with Gasteiger partial charge in [0, 0.05) is 12.6 Å². The summed E-state index contributed by atoms with van der Waals surface area (Å²) in [4.78, 5) is 8.78. The third-order valence-corrected chi connectivity index (χ3v) is 3.03. The molecule has 16 heavy (non-hydrogen) atoms. The molecule has 0 aromatic carbocycles. The van der Waals surface area contributed by atoms with Crippen molar-refractivity contribution in [2.24, 2.45) is 0 Å². The Balaban J connectivity index is 2.00. The Bertz CT molecular complexity index is 367. The monoisotopic (exact) mass is 221 g/mol. The number of hydrogen-bond acceptors (Lipinski definition) is 4. The van der Waals surface area contributed by atoms with Gasteiger partial charge in [-0.2, -0.15) is 0 Å². The van der Waals surface area contributed by atoms with Gasteiger partial charge in [0.2, 0.25) is 0 Å². The minimum absolute atomic E-state index is 0.339. The van der Waals surface area contributed by atoms with Crippen LogP contribution in [0.15, 0.2) is 6.20 Å². The first-order valence-electron chi connectivity index (χ1n) is 5.83. The summed E-state index contributed by atoms with van der Waals surface area (Å²) >= 11 is 0. The minimum atomic E-state index is 0.339. The molecule has 0 radical (unpaired) electrons. The van der Waals surface area contributed by atoms with E-state index in [1.165, 1.54) is 0 Å². The summed E-state index contributed by atoms with van der Waals surface area (Å²) in [5.41, 5.74) is 1.98. The molecule has 0 bridgehead atoms. The average Bonchev–Trinajstić information content (AvgIpc) is 2.24. The first kappa shape index (κ1) is 11.3. The van der Waals surface area contributed by atoms with E-state index in [0.717, 1.165) is 36.7 Å². The molecule has 0 amide bonds. The molecule has 2 atom stereocenters. The van der Waals surface area contributed by atoms with E-state index in [9.17, 15) is 0 Å². The predicted octanol–water partition coefficient (Wildman–Crippen LogP) is 2.07. The molecule has 1 N–H and O–H groups in total. The van der Waals surface area contributed by atoms with Gasteiger partial charge in [-0.05, 0) is 33.6 Å². The van der Waals surface area contributed by atoms with Gasteiger partial charge in [-0.25, -0.2) is 4.98 Å². The van der Waals surface area contributed by atoms with Crippen LogP contribution in [0.5, 0.6) is 0 Å². The lowest BCUT2D eigenvalue weighted by molar-refractivity contribution is 0.0231. The van der Waals surface area contributed by atoms with Gasteiger partial charge >= 0.3 is 0 Å². The van der Waals surface area contributed by atoms with Crippen LogP contribution in [0.3, 0.4) is 0 Å². The summed E-state index contributed by atoms with van der Waals surface area (Å²) < 4.78 is 5.51. The van der Waals surface area contributed by atoms with Crippen molar-refractivity contribution in [2.75, 3.05) is 11.9 Å². The molecule has 2 heterocycles. The number of anilines is 1. The van der Waals surface area contributed by atoms with Crippen molar-refractivity contribution >= 4 is 5.82 Å². The highest BCUT2D eigenvalue weighted by atomic mass is 16.5. The maximum atomic E-state index is 5.51. The van der Waals surface area contributed by atoms with Crippen molar-refractivity contribution in [2.45, 2.75) is 45.8 Å². The fourth-order valence-electron chi connectivity index (χ4n) is 1.95. The summed E-state index contributed by atoms with van der Waals surface area (Å²) in [6.45, 7) is 6.90. The molecule has 0 spiro atoms. The van der Waals surface area contributed by atoms with Crippen LogP contribution in [0.2, 0.25) is 0 Å². The van der Waals surface area contributed by atoms with E-state index < -0.39 is 0 Å². The predicted molar refractivity (Wildman–Crippen MR) is 63.6 cm³/mol. The van der Waals surface area contributed by atoms with Gasteiger partial charge in [-0.1, -0.05) is 0 Å². The number of hydrogen-bond donors (Lipinski definition) is 1. The molecule has 4 nitrogen and oxygen atoms in total. The molecule has 1 aliphatic rings. The fourth-order valence-corrected chi connectivity index (χ4v) is 1.95. The second kappa shape index (κ2) is 4.78. The molecule has 1 aromatic heterocycles. The molecule has 0 aliphatic carbocycles. The fraction of sp³-hybridized carbons (Fsp3) is 0.667. The van der Waals surface area contributed by atoms with E-state index in [0.29, 0.717) is 12.1 Å². The molecule has 4 heteroatoms. The molecule has 2 unspecified atom stereocenters. The number of aromatic nitrogens is 2. The first-order valence-corrected chi connectivity index (χ1v) is 5.83. The molecule has 1 aliphatic heterocycles. The van der Waals surface area contributed by atoms with Crippen LogP contribution < -0.4 is 5.32 Å². The Morgan fingerprint density at radius 3 is 2.88 bits per heavy atom. The number of nitrogens with one attached hydrogen (secondary N) is 1. The minimum Gasteiger partial charge on any atom is -0.378 e. The molecule has 1 fully saturated rings. The van der Waals surface area contributed by atoms with E-state index in [2.05, 4.69) is 22.2 Å². The van der Waals surface area contributed by atoms with Crippen LogP contribution in [-0.4, -0.2) is 28.7 Å². The van der Waals surface area contributed by atoms with E-state index in [1.807, 2.05) is 20.0 Å². The van der Waals surface area contributed by atoms with E-state index in [1.54, 1.807) is 0 Å². The standard InChI is InChI=1S/C12H19N3O/c1-8-6-11(4-5-16-8)15-12-7-13-9(2)10(3)14-12/h7-8,11H,4-6H2,1-3H3,(H,14,15). The molecule has 0 saturated carbocycles. The molecule has 88 valence electrons. The Kier molecular flexibility index (Phi) is 3.39. The van der Waals surface area contributed by atoms with Gasteiger partial charge in [0.05, 0.1) is 23.7 Å². The second-order valence-corrected chi connectivity index (χ2v) is 4.47. The zero-order valence-corrected chi connectivity index (χ0v) is 10.2. The summed E-state index contributed by atoms with van der Waals surface area (Å²) in [6, 6.07) is 0.458. The van der Waals surface area contributed by atoms with Gasteiger partial charge in [-0.3, -0.25) is 4.98 Å². The molecular formula is C12H19N3O. The Hall–Kier alpha value is -1.16. The SMILES string of the molecule is Cc1ncc(NC2CCOC(C)C2)nc1C. The van der Waals surface area contributed by atoms with Crippen molar-refractivity contribution in [1.82, 2.24) is 9.97 Å². The quantitative estimate of drug-likeness (QED) is 0.830. The largest absolute Gasteiger partial charge is 0.378 e. The van der Waals surface area contributed by atoms with E-state index >= 15 is 0 Å². The van der Waals surface area contributed by atoms with Crippen molar-refractivity contribution in [3.05, 3.63) is 17.6 Å². The van der Waals surface area contributed by atoms with Crippen molar-refractivity contribution < 1.29 is 4.74 Å². The number of aryl methyl sites for hydroxylation is 2. The maximum absolute atomic E-state index is 5.51. The topological polar surface area (TPSA) is 47.0 Å². The Labute approximate surface area is 96.4 Å². The van der Waals surface area contributed by atoms with E-state index in [-0.39, 0.29) is 0 Å². The van der Waals surface area contributed by atoms with Crippen LogP contribution in [0.25, 0.3) is 0 Å². The molecule has 1 aromatic rings. The third kappa shape index (κ3) is 2.70. The number of ether oxygens (including phenoxy) is 1. The highest BCUT2D eigenvalue weighted by molar-refractivity contribution is 5.34. The second-order valence-electron chi connectivity index (χ2n) is 4.47.